The molecule has 5 nitrogen and oxygen atoms in total. The Balaban J connectivity index is 0.00000131. The van der Waals surface area contributed by atoms with E-state index in [0.717, 1.165) is 11.3 Å². The second-order valence-electron chi connectivity index (χ2n) is 5.62. The van der Waals surface area contributed by atoms with Crippen LogP contribution in [0.25, 0.3) is 22.3 Å². The molecule has 0 unspecified atom stereocenters. The van der Waals surface area contributed by atoms with Crippen molar-refractivity contribution in [2.24, 2.45) is 5.92 Å². The minimum absolute atomic E-state index is 0. The first-order valence-corrected chi connectivity index (χ1v) is 8.17. The molecule has 141 valence electrons. The largest absolute Gasteiger partial charge is 0.358 e. The molecule has 0 fully saturated rings. The average Bonchev–Trinajstić information content (AvgIpc) is 3.22. The van der Waals surface area contributed by atoms with E-state index >= 15 is 0 Å². The van der Waals surface area contributed by atoms with E-state index in [1.165, 1.54) is 0 Å². The summed E-state index contributed by atoms with van der Waals surface area (Å²) in [5, 5.41) is 0. The van der Waals surface area contributed by atoms with E-state index in [2.05, 4.69) is 16.9 Å². The third-order valence-electron chi connectivity index (χ3n) is 4.19. The number of fused-ring (bicyclic) bond motifs is 2. The molecule has 1 radical (unpaired) electrons. The number of benzene rings is 1. The van der Waals surface area contributed by atoms with Gasteiger partial charge in [0.05, 0.1) is 5.52 Å². The number of aromatic nitrogens is 3. The number of ketones is 1. The van der Waals surface area contributed by atoms with Crippen LogP contribution in [0, 0.1) is 20.3 Å². The van der Waals surface area contributed by atoms with Crippen LogP contribution in [0.1, 0.15) is 19.7 Å². The van der Waals surface area contributed by atoms with E-state index in [0.29, 0.717) is 29.8 Å². The van der Waals surface area contributed by atoms with E-state index in [4.69, 9.17) is 0 Å². The molecule has 1 aliphatic heterocycles. The standard InChI is InChI=1S/C17H14N3O2.C2H6.CH3.W.Y/c1-10(21)12-7-15-18-14-8-13(11-5-3-2-4-6-11)19-16(14)17(22)20(15)9-12;1-2;;;/h2-6,8,12,19H,1,7,9H2;1-2H3;1H3;;/q-1;;-1;;/t12-;;;;/m1..../s1. The van der Waals surface area contributed by atoms with Gasteiger partial charge in [0.1, 0.15) is 11.3 Å². The van der Waals surface area contributed by atoms with Gasteiger partial charge >= 0.3 is 0 Å². The van der Waals surface area contributed by atoms with Crippen LogP contribution in [-0.2, 0) is 71.5 Å². The molecule has 1 aliphatic rings. The fourth-order valence-corrected chi connectivity index (χ4v) is 2.98. The van der Waals surface area contributed by atoms with Crippen molar-refractivity contribution < 1.29 is 58.6 Å². The Morgan fingerprint density at radius 1 is 1.26 bits per heavy atom. The number of hydrogen-bond acceptors (Lipinski definition) is 3. The van der Waals surface area contributed by atoms with Crippen molar-refractivity contribution in [3.63, 3.8) is 0 Å². The quantitative estimate of drug-likeness (QED) is 0.453. The molecule has 1 aromatic carbocycles. The Labute approximate surface area is 199 Å². The predicted molar refractivity (Wildman–Crippen MR) is 101 cm³/mol. The number of H-pyrrole nitrogens is 1. The second-order valence-corrected chi connectivity index (χ2v) is 5.62. The van der Waals surface area contributed by atoms with E-state index in [-0.39, 0.29) is 78.5 Å². The van der Waals surface area contributed by atoms with Crippen LogP contribution in [0.3, 0.4) is 0 Å². The van der Waals surface area contributed by atoms with E-state index in [1.807, 2.05) is 50.2 Å². The van der Waals surface area contributed by atoms with E-state index in [1.54, 1.807) is 4.57 Å². The molecule has 1 N–H and O–H groups in total. The number of carbonyl (C=O) groups excluding carboxylic acids is 1. The summed E-state index contributed by atoms with van der Waals surface area (Å²) in [5.41, 5.74) is 2.89. The summed E-state index contributed by atoms with van der Waals surface area (Å²) < 4.78 is 1.58. The summed E-state index contributed by atoms with van der Waals surface area (Å²) >= 11 is 0. The summed E-state index contributed by atoms with van der Waals surface area (Å²) in [6.45, 7) is 7.83. The van der Waals surface area contributed by atoms with Crippen LogP contribution < -0.4 is 5.56 Å². The predicted octanol–water partition coefficient (Wildman–Crippen LogP) is 3.44. The van der Waals surface area contributed by atoms with Gasteiger partial charge in [-0.25, -0.2) is 4.98 Å². The summed E-state index contributed by atoms with van der Waals surface area (Å²) in [6.07, 6.45) is 0.485. The number of hydrogen-bond donors (Lipinski definition) is 1. The summed E-state index contributed by atoms with van der Waals surface area (Å²) in [7, 11) is 0. The Morgan fingerprint density at radius 3 is 2.48 bits per heavy atom. The van der Waals surface area contributed by atoms with Gasteiger partial charge in [0.25, 0.3) is 5.56 Å². The second kappa shape index (κ2) is 11.1. The van der Waals surface area contributed by atoms with Crippen molar-refractivity contribution in [2.75, 3.05) is 0 Å². The van der Waals surface area contributed by atoms with E-state index in [9.17, 15) is 9.59 Å². The van der Waals surface area contributed by atoms with Gasteiger partial charge in [0, 0.05) is 84.1 Å². The average molecular weight is 610 g/mol. The molecule has 4 rings (SSSR count). The zero-order valence-electron chi connectivity index (χ0n) is 15.9. The Hall–Kier alpha value is -1.03. The van der Waals surface area contributed by atoms with Gasteiger partial charge in [0.2, 0.25) is 0 Å². The van der Waals surface area contributed by atoms with Crippen molar-refractivity contribution in [3.05, 3.63) is 66.9 Å². The maximum absolute atomic E-state index is 12.6. The van der Waals surface area contributed by atoms with Crippen molar-refractivity contribution in [1.29, 1.82) is 0 Å². The smallest absolute Gasteiger partial charge is 0.277 e. The van der Waals surface area contributed by atoms with Gasteiger partial charge in [-0.1, -0.05) is 44.2 Å². The topological polar surface area (TPSA) is 67.8 Å². The molecule has 0 saturated heterocycles. The van der Waals surface area contributed by atoms with Gasteiger partial charge in [-0.3, -0.25) is 9.36 Å². The van der Waals surface area contributed by atoms with E-state index < -0.39 is 0 Å². The molecular weight excluding hydrogens is 587 g/mol. The Morgan fingerprint density at radius 2 is 1.89 bits per heavy atom. The number of carbonyl (C=O) groups is 1. The van der Waals surface area contributed by atoms with Crippen LogP contribution in [-0.4, -0.2) is 20.3 Å². The molecule has 27 heavy (non-hydrogen) atoms. The van der Waals surface area contributed by atoms with Crippen LogP contribution in [0.4, 0.5) is 0 Å². The molecule has 7 heteroatoms. The maximum atomic E-state index is 12.6. The van der Waals surface area contributed by atoms with Crippen LogP contribution in [0.2, 0.25) is 0 Å². The molecule has 3 aromatic rings. The molecular formula is C20H23N3O2WY-2. The van der Waals surface area contributed by atoms with Crippen molar-refractivity contribution >= 4 is 16.8 Å². The van der Waals surface area contributed by atoms with Crippen molar-refractivity contribution in [1.82, 2.24) is 14.5 Å². The zero-order chi connectivity index (χ0) is 17.3. The minimum atomic E-state index is -0.236. The molecule has 3 heterocycles. The van der Waals surface area contributed by atoms with Gasteiger partial charge in [-0.05, 0) is 11.6 Å². The zero-order valence-corrected chi connectivity index (χ0v) is 21.6. The third-order valence-corrected chi connectivity index (χ3v) is 4.19. The number of aromatic amines is 1. The third kappa shape index (κ3) is 5.07. The van der Waals surface area contributed by atoms with Gasteiger partial charge < -0.3 is 24.1 Å². The molecule has 0 spiro atoms. The molecule has 1 atom stereocenters. The number of rotatable bonds is 2. The fraction of sp³-hybridized carbons (Fsp3) is 0.250. The first-order chi connectivity index (χ1) is 11.6. The Kier molecular flexibility index (Phi) is 10.7. The fourth-order valence-electron chi connectivity index (χ4n) is 2.98. The van der Waals surface area contributed by atoms with Crippen molar-refractivity contribution in [2.45, 2.75) is 26.8 Å². The van der Waals surface area contributed by atoms with Gasteiger partial charge in [-0.15, -0.1) is 0 Å². The first kappa shape index (κ1) is 26.0. The van der Waals surface area contributed by atoms with Crippen molar-refractivity contribution in [3.8, 4) is 11.3 Å². The van der Waals surface area contributed by atoms with Gasteiger partial charge in [-0.2, -0.15) is 0 Å². The van der Waals surface area contributed by atoms with Crippen LogP contribution in [0.5, 0.6) is 0 Å². The molecule has 2 aromatic heterocycles. The number of Topliss-reactive ketones (excluding diaryl/α,β-unsaturated/α-hetero) is 1. The maximum Gasteiger partial charge on any atom is 0.277 e. The normalized spacial score (nSPS) is 13.9. The van der Waals surface area contributed by atoms with Crippen LogP contribution in [0.15, 0.2) is 41.2 Å². The molecule has 0 amide bonds. The SMILES string of the molecule is CC.[CH2-]C(=O)[C@@H]1Cc2nc3cc(-c4ccccc4)[nH]c3c(=O)n2C1.[CH3-].[W].[Y]. The number of nitrogens with one attached hydrogen (secondary N) is 1. The Bertz CT molecular complexity index is 951. The van der Waals surface area contributed by atoms with Crippen LogP contribution >= 0.6 is 0 Å². The number of nitrogens with zero attached hydrogens (tertiary/aromatic N) is 2. The minimum Gasteiger partial charge on any atom is -0.358 e. The molecule has 0 aliphatic carbocycles. The molecule has 0 bridgehead atoms. The first-order valence-electron chi connectivity index (χ1n) is 8.17. The monoisotopic (exact) mass is 610 g/mol. The summed E-state index contributed by atoms with van der Waals surface area (Å²) in [4.78, 5) is 31.7. The molecule has 0 saturated carbocycles. The van der Waals surface area contributed by atoms with Gasteiger partial charge in [0.15, 0.2) is 0 Å². The summed E-state index contributed by atoms with van der Waals surface area (Å²) in [5.74, 6) is 0.289. The summed E-state index contributed by atoms with van der Waals surface area (Å²) in [6, 6.07) is 11.7.